The fraction of sp³-hybridized carbons (Fsp3) is 0.294. The molecule has 0 aliphatic carbocycles. The Labute approximate surface area is 173 Å². The molecule has 136 valence electrons. The summed E-state index contributed by atoms with van der Waals surface area (Å²) in [6.45, 7) is 1.99. The lowest BCUT2D eigenvalue weighted by molar-refractivity contribution is -0.114. The molecule has 2 aromatic rings. The number of ether oxygens (including phenoxy) is 2. The Bertz CT molecular complexity index is 911. The number of carbonyl (C=O) groups excluding carboxylic acids is 1. The van der Waals surface area contributed by atoms with E-state index in [9.17, 15) is 4.79 Å². The van der Waals surface area contributed by atoms with Crippen LogP contribution in [0.3, 0.4) is 0 Å². The van der Waals surface area contributed by atoms with Crippen LogP contribution in [0.25, 0.3) is 6.08 Å². The highest BCUT2D eigenvalue weighted by Crippen LogP contribution is 2.42. The molecule has 1 aliphatic heterocycles. The van der Waals surface area contributed by atoms with E-state index in [4.69, 9.17) is 14.9 Å². The third kappa shape index (κ3) is 3.65. The van der Waals surface area contributed by atoms with E-state index in [1.54, 1.807) is 20.3 Å². The van der Waals surface area contributed by atoms with Gasteiger partial charge in [0.05, 0.1) is 27.7 Å². The molecule has 6 nitrogen and oxygen atoms in total. The molecule has 1 atom stereocenters. The minimum atomic E-state index is -0.636. The Balaban J connectivity index is 1.94. The zero-order valence-electron chi connectivity index (χ0n) is 14.3. The van der Waals surface area contributed by atoms with E-state index < -0.39 is 5.92 Å². The summed E-state index contributed by atoms with van der Waals surface area (Å²) in [5.41, 5.74) is 0.822. The number of ketones is 1. The quantitative estimate of drug-likeness (QED) is 0.490. The van der Waals surface area contributed by atoms with Gasteiger partial charge in [-0.05, 0) is 52.8 Å². The number of nitrogens with zero attached hydrogens (tertiary/aromatic N) is 2. The van der Waals surface area contributed by atoms with Gasteiger partial charge < -0.3 is 9.47 Å². The predicted molar refractivity (Wildman–Crippen MR) is 113 cm³/mol. The summed E-state index contributed by atoms with van der Waals surface area (Å²) >= 11 is 4.74. The fourth-order valence-corrected chi connectivity index (χ4v) is 5.31. The number of hydrogen-bond donors (Lipinski definition) is 1. The Morgan fingerprint density at radius 1 is 1.31 bits per heavy atom. The highest BCUT2D eigenvalue weighted by Gasteiger charge is 2.39. The number of halogens is 1. The molecule has 1 aromatic heterocycles. The molecule has 9 heteroatoms. The molecule has 1 aromatic carbocycles. The Morgan fingerprint density at radius 2 is 2.08 bits per heavy atom. The second-order valence-electron chi connectivity index (χ2n) is 5.40. The largest absolute Gasteiger partial charge is 0.493 e. The van der Waals surface area contributed by atoms with Crippen LogP contribution in [0.2, 0.25) is 0 Å². The number of thioether (sulfide) groups is 1. The number of allylic oxidation sites excluding steroid dienone is 1. The maximum absolute atomic E-state index is 12.8. The first kappa shape index (κ1) is 19.3. The van der Waals surface area contributed by atoms with E-state index in [2.05, 4.69) is 32.8 Å². The van der Waals surface area contributed by atoms with Gasteiger partial charge in [-0.2, -0.15) is 0 Å². The van der Waals surface area contributed by atoms with Crippen molar-refractivity contribution in [3.8, 4) is 11.5 Å². The van der Waals surface area contributed by atoms with E-state index >= 15 is 0 Å². The third-order valence-electron chi connectivity index (χ3n) is 3.77. The molecule has 0 saturated carbocycles. The first-order valence-electron chi connectivity index (χ1n) is 7.74. The Hall–Kier alpha value is -1.46. The van der Waals surface area contributed by atoms with E-state index in [1.807, 2.05) is 19.1 Å². The number of benzene rings is 1. The van der Waals surface area contributed by atoms with Gasteiger partial charge in [-0.1, -0.05) is 18.7 Å². The van der Waals surface area contributed by atoms with Crippen molar-refractivity contribution in [1.29, 1.82) is 5.41 Å². The summed E-state index contributed by atoms with van der Waals surface area (Å²) in [5, 5.41) is 18.1. The van der Waals surface area contributed by atoms with Crippen molar-refractivity contribution in [1.82, 2.24) is 10.2 Å². The smallest absolute Gasteiger partial charge is 0.186 e. The minimum absolute atomic E-state index is 0.108. The van der Waals surface area contributed by atoms with Crippen molar-refractivity contribution in [2.75, 3.05) is 14.2 Å². The lowest BCUT2D eigenvalue weighted by Crippen LogP contribution is -2.11. The summed E-state index contributed by atoms with van der Waals surface area (Å²) in [4.78, 5) is 13.4. The molecule has 3 rings (SSSR count). The number of aryl methyl sites for hydroxylation is 1. The second kappa shape index (κ2) is 8.05. The summed E-state index contributed by atoms with van der Waals surface area (Å²) in [6.07, 6.45) is 2.55. The van der Waals surface area contributed by atoms with Crippen LogP contribution in [0.5, 0.6) is 11.5 Å². The number of Topliss-reactive ketones (excluding diaryl/α,β-unsaturated/α-hetero) is 1. The molecule has 1 N–H and O–H groups in total. The molecule has 26 heavy (non-hydrogen) atoms. The zero-order valence-corrected chi connectivity index (χ0v) is 18.1. The summed E-state index contributed by atoms with van der Waals surface area (Å²) in [5.74, 6) is 0.518. The van der Waals surface area contributed by atoms with Gasteiger partial charge in [0.25, 0.3) is 0 Å². The standard InChI is InChI=1S/C17H16IN3O3S2/c1-4-12-20-21-17(26-12)13-14(22)11(25-16(13)19)7-8-5-9(18)15(24-3)10(6-8)23-2/h5-7,13,19H,4H2,1-3H3/b11-7-,19-16?/t13-/m1/s1. The van der Waals surface area contributed by atoms with Crippen LogP contribution in [0.15, 0.2) is 17.0 Å². The van der Waals surface area contributed by atoms with E-state index in [0.29, 0.717) is 21.4 Å². The number of methoxy groups -OCH3 is 2. The molecule has 2 heterocycles. The topological polar surface area (TPSA) is 85.2 Å². The van der Waals surface area contributed by atoms with Crippen molar-refractivity contribution in [3.63, 3.8) is 0 Å². The number of nitrogens with one attached hydrogen (secondary N) is 1. The van der Waals surface area contributed by atoms with Gasteiger partial charge in [0.15, 0.2) is 17.3 Å². The molecule has 0 unspecified atom stereocenters. The van der Waals surface area contributed by atoms with Crippen molar-refractivity contribution >= 4 is 62.6 Å². The molecular weight excluding hydrogens is 485 g/mol. The molecule has 1 saturated heterocycles. The average Bonchev–Trinajstić information content (AvgIpc) is 3.19. The van der Waals surface area contributed by atoms with Gasteiger partial charge in [0, 0.05) is 0 Å². The lowest BCUT2D eigenvalue weighted by Gasteiger charge is -2.10. The van der Waals surface area contributed by atoms with Crippen LogP contribution in [0.1, 0.15) is 28.4 Å². The van der Waals surface area contributed by atoms with Crippen LogP contribution >= 0.6 is 45.7 Å². The molecule has 0 spiro atoms. The van der Waals surface area contributed by atoms with Gasteiger partial charge in [-0.3, -0.25) is 10.2 Å². The van der Waals surface area contributed by atoms with Gasteiger partial charge in [0.2, 0.25) is 0 Å². The fourth-order valence-electron chi connectivity index (χ4n) is 2.51. The normalized spacial score (nSPS) is 18.6. The van der Waals surface area contributed by atoms with Crippen LogP contribution in [-0.4, -0.2) is 35.2 Å². The van der Waals surface area contributed by atoms with Crippen molar-refractivity contribution < 1.29 is 14.3 Å². The lowest BCUT2D eigenvalue weighted by atomic mass is 10.1. The van der Waals surface area contributed by atoms with E-state index in [-0.39, 0.29) is 10.8 Å². The number of hydrogen-bond acceptors (Lipinski definition) is 8. The average molecular weight is 501 g/mol. The predicted octanol–water partition coefficient (Wildman–Crippen LogP) is 4.14. The van der Waals surface area contributed by atoms with Crippen LogP contribution in [0.4, 0.5) is 0 Å². The first-order chi connectivity index (χ1) is 12.5. The Kier molecular flexibility index (Phi) is 5.98. The molecule has 1 fully saturated rings. The third-order valence-corrected chi connectivity index (χ3v) is 6.70. The number of aromatic nitrogens is 2. The summed E-state index contributed by atoms with van der Waals surface area (Å²) in [6, 6.07) is 3.73. The Morgan fingerprint density at radius 3 is 2.69 bits per heavy atom. The maximum Gasteiger partial charge on any atom is 0.186 e. The van der Waals surface area contributed by atoms with Gasteiger partial charge in [-0.25, -0.2) is 0 Å². The van der Waals surface area contributed by atoms with E-state index in [1.165, 1.54) is 23.1 Å². The van der Waals surface area contributed by atoms with Crippen LogP contribution in [-0.2, 0) is 11.2 Å². The molecule has 0 amide bonds. The van der Waals surface area contributed by atoms with E-state index in [0.717, 1.165) is 20.6 Å². The van der Waals surface area contributed by atoms with Crippen LogP contribution < -0.4 is 9.47 Å². The number of carbonyl (C=O) groups is 1. The van der Waals surface area contributed by atoms with Gasteiger partial charge >= 0.3 is 0 Å². The van der Waals surface area contributed by atoms with Crippen molar-refractivity contribution in [3.05, 3.63) is 36.2 Å². The van der Waals surface area contributed by atoms with Crippen molar-refractivity contribution in [2.45, 2.75) is 19.3 Å². The van der Waals surface area contributed by atoms with Gasteiger partial charge in [0.1, 0.15) is 15.9 Å². The van der Waals surface area contributed by atoms with Crippen molar-refractivity contribution in [2.24, 2.45) is 0 Å². The summed E-state index contributed by atoms with van der Waals surface area (Å²) < 4.78 is 11.6. The molecular formula is C17H16IN3O3S2. The van der Waals surface area contributed by atoms with Crippen LogP contribution in [0, 0.1) is 8.98 Å². The molecule has 0 bridgehead atoms. The SMILES string of the molecule is CCc1nnc([C@H]2C(=N)S/C(=C\c3cc(I)c(OC)c(OC)c3)C2=O)s1. The highest BCUT2D eigenvalue weighted by atomic mass is 127. The second-order valence-corrected chi connectivity index (χ2v) is 8.74. The maximum atomic E-state index is 12.8. The molecule has 1 aliphatic rings. The van der Waals surface area contributed by atoms with Gasteiger partial charge in [-0.15, -0.1) is 21.5 Å². The monoisotopic (exact) mass is 501 g/mol. The zero-order chi connectivity index (χ0) is 18.8. The first-order valence-corrected chi connectivity index (χ1v) is 10.5. The highest BCUT2D eigenvalue weighted by molar-refractivity contribution is 14.1. The summed E-state index contributed by atoms with van der Waals surface area (Å²) in [7, 11) is 3.17. The molecule has 0 radical (unpaired) electrons. The minimum Gasteiger partial charge on any atom is -0.493 e. The number of rotatable bonds is 5.